The summed E-state index contributed by atoms with van der Waals surface area (Å²) in [6.07, 6.45) is 1.74. The van der Waals surface area contributed by atoms with E-state index in [1.54, 1.807) is 24.4 Å². The van der Waals surface area contributed by atoms with Crippen molar-refractivity contribution in [3.63, 3.8) is 0 Å². The molecule has 86 valence electrons. The molecule has 0 amide bonds. The number of fused-ring (bicyclic) bond motifs is 1. The molecule has 1 aromatic carbocycles. The molecule has 2 heterocycles. The van der Waals surface area contributed by atoms with Crippen molar-refractivity contribution < 1.29 is 5.11 Å². The standard InChI is InChI=1S/C15H10N2O/c18-14-5-1-3-11(9-14)6-7-13-10-12-4-2-8-16-15(12)17-13/h1-5,8-10,18H,(H,16,17). The van der Waals surface area contributed by atoms with Crippen LogP contribution in [-0.2, 0) is 0 Å². The predicted molar refractivity (Wildman–Crippen MR) is 70.2 cm³/mol. The summed E-state index contributed by atoms with van der Waals surface area (Å²) in [5.74, 6) is 6.24. The summed E-state index contributed by atoms with van der Waals surface area (Å²) >= 11 is 0. The summed E-state index contributed by atoms with van der Waals surface area (Å²) in [5.41, 5.74) is 2.42. The van der Waals surface area contributed by atoms with Crippen LogP contribution < -0.4 is 0 Å². The van der Waals surface area contributed by atoms with Crippen molar-refractivity contribution in [2.24, 2.45) is 0 Å². The van der Waals surface area contributed by atoms with Crippen LogP contribution >= 0.6 is 0 Å². The highest BCUT2D eigenvalue weighted by atomic mass is 16.3. The average molecular weight is 234 g/mol. The summed E-state index contributed by atoms with van der Waals surface area (Å²) in [7, 11) is 0. The SMILES string of the molecule is Oc1cccc(C#Cc2cc3cccnc3[nH]2)c1. The molecule has 0 spiro atoms. The molecule has 2 N–H and O–H groups in total. The lowest BCUT2D eigenvalue weighted by Gasteiger charge is -1.90. The fraction of sp³-hybridized carbons (Fsp3) is 0. The molecule has 0 unspecified atom stereocenters. The zero-order chi connectivity index (χ0) is 12.4. The fourth-order valence-electron chi connectivity index (χ4n) is 1.75. The van der Waals surface area contributed by atoms with Crippen molar-refractivity contribution in [3.05, 3.63) is 59.9 Å². The van der Waals surface area contributed by atoms with Gasteiger partial charge in [-0.15, -0.1) is 0 Å². The maximum absolute atomic E-state index is 9.34. The largest absolute Gasteiger partial charge is 0.508 e. The van der Waals surface area contributed by atoms with Crippen molar-refractivity contribution in [3.8, 4) is 17.6 Å². The van der Waals surface area contributed by atoms with Crippen molar-refractivity contribution in [1.29, 1.82) is 0 Å². The lowest BCUT2D eigenvalue weighted by Crippen LogP contribution is -1.76. The second-order valence-corrected chi connectivity index (χ2v) is 3.92. The number of pyridine rings is 1. The van der Waals surface area contributed by atoms with Gasteiger partial charge in [-0.2, -0.15) is 0 Å². The van der Waals surface area contributed by atoms with Gasteiger partial charge in [0.1, 0.15) is 11.4 Å². The van der Waals surface area contributed by atoms with Gasteiger partial charge < -0.3 is 10.1 Å². The highest BCUT2D eigenvalue weighted by Gasteiger charge is 1.97. The molecule has 3 nitrogen and oxygen atoms in total. The third-order valence-corrected chi connectivity index (χ3v) is 2.58. The topological polar surface area (TPSA) is 48.9 Å². The Labute approximate surface area is 104 Å². The van der Waals surface area contributed by atoms with E-state index in [0.29, 0.717) is 0 Å². The first kappa shape index (κ1) is 10.4. The van der Waals surface area contributed by atoms with E-state index in [1.165, 1.54) is 0 Å². The van der Waals surface area contributed by atoms with Crippen LogP contribution in [0.4, 0.5) is 0 Å². The first-order valence-corrected chi connectivity index (χ1v) is 5.56. The number of aromatic amines is 1. The molecule has 0 bridgehead atoms. The molecule has 0 aliphatic carbocycles. The molecule has 0 aliphatic rings. The first-order valence-electron chi connectivity index (χ1n) is 5.56. The molecule has 0 saturated heterocycles. The van der Waals surface area contributed by atoms with Gasteiger partial charge in [0.2, 0.25) is 0 Å². The van der Waals surface area contributed by atoms with E-state index in [0.717, 1.165) is 22.3 Å². The van der Waals surface area contributed by atoms with Crippen molar-refractivity contribution >= 4 is 11.0 Å². The molecule has 0 aliphatic heterocycles. The van der Waals surface area contributed by atoms with Gasteiger partial charge in [0.25, 0.3) is 0 Å². The quantitative estimate of drug-likeness (QED) is 0.587. The molecule has 3 aromatic rings. The number of hydrogen-bond acceptors (Lipinski definition) is 2. The zero-order valence-corrected chi connectivity index (χ0v) is 9.51. The summed E-state index contributed by atoms with van der Waals surface area (Å²) in [6.45, 7) is 0. The number of rotatable bonds is 0. The van der Waals surface area contributed by atoms with Gasteiger partial charge in [0, 0.05) is 17.1 Å². The molecule has 0 saturated carbocycles. The summed E-state index contributed by atoms with van der Waals surface area (Å²) < 4.78 is 0. The van der Waals surface area contributed by atoms with Gasteiger partial charge in [0.15, 0.2) is 0 Å². The zero-order valence-electron chi connectivity index (χ0n) is 9.51. The Morgan fingerprint density at radius 1 is 1.06 bits per heavy atom. The minimum Gasteiger partial charge on any atom is -0.508 e. The Kier molecular flexibility index (Phi) is 2.47. The number of H-pyrrole nitrogens is 1. The Morgan fingerprint density at radius 3 is 2.83 bits per heavy atom. The average Bonchev–Trinajstić information content (AvgIpc) is 2.79. The number of aromatic nitrogens is 2. The normalized spacial score (nSPS) is 10.0. The van der Waals surface area contributed by atoms with Gasteiger partial charge in [-0.1, -0.05) is 12.0 Å². The van der Waals surface area contributed by atoms with Crippen molar-refractivity contribution in [1.82, 2.24) is 9.97 Å². The van der Waals surface area contributed by atoms with Crippen LogP contribution in [0.5, 0.6) is 5.75 Å². The summed E-state index contributed by atoms with van der Waals surface area (Å²) in [5, 5.41) is 10.4. The van der Waals surface area contributed by atoms with Crippen molar-refractivity contribution in [2.45, 2.75) is 0 Å². The van der Waals surface area contributed by atoms with Gasteiger partial charge in [0.05, 0.1) is 5.69 Å². The van der Waals surface area contributed by atoms with E-state index < -0.39 is 0 Å². The van der Waals surface area contributed by atoms with Crippen LogP contribution in [0.1, 0.15) is 11.3 Å². The van der Waals surface area contributed by atoms with E-state index in [2.05, 4.69) is 21.8 Å². The van der Waals surface area contributed by atoms with E-state index in [4.69, 9.17) is 0 Å². The van der Waals surface area contributed by atoms with Crippen LogP contribution in [0, 0.1) is 11.8 Å². The van der Waals surface area contributed by atoms with Crippen LogP contribution in [-0.4, -0.2) is 15.1 Å². The van der Waals surface area contributed by atoms with E-state index in [1.807, 2.05) is 24.3 Å². The molecule has 3 heteroatoms. The summed E-state index contributed by atoms with van der Waals surface area (Å²) in [6, 6.07) is 12.7. The van der Waals surface area contributed by atoms with E-state index in [9.17, 15) is 5.11 Å². The highest BCUT2D eigenvalue weighted by molar-refractivity contribution is 5.77. The number of phenolic OH excluding ortho intramolecular Hbond substituents is 1. The van der Waals surface area contributed by atoms with Gasteiger partial charge in [-0.25, -0.2) is 4.98 Å². The Hall–Kier alpha value is -2.73. The van der Waals surface area contributed by atoms with E-state index in [-0.39, 0.29) is 5.75 Å². The Balaban J connectivity index is 1.97. The minimum atomic E-state index is 0.222. The number of benzene rings is 1. The highest BCUT2D eigenvalue weighted by Crippen LogP contribution is 2.12. The maximum atomic E-state index is 9.34. The molecule has 0 radical (unpaired) electrons. The number of hydrogen-bond donors (Lipinski definition) is 2. The van der Waals surface area contributed by atoms with Crippen LogP contribution in [0.3, 0.4) is 0 Å². The molecule has 2 aromatic heterocycles. The molecular formula is C15H10N2O. The van der Waals surface area contributed by atoms with Gasteiger partial charge in [-0.3, -0.25) is 0 Å². The van der Waals surface area contributed by atoms with Crippen LogP contribution in [0.2, 0.25) is 0 Å². The van der Waals surface area contributed by atoms with Gasteiger partial charge in [-0.05, 0) is 42.3 Å². The van der Waals surface area contributed by atoms with Crippen molar-refractivity contribution in [2.75, 3.05) is 0 Å². The smallest absolute Gasteiger partial charge is 0.138 e. The first-order chi connectivity index (χ1) is 8.81. The lowest BCUT2D eigenvalue weighted by atomic mass is 10.2. The lowest BCUT2D eigenvalue weighted by molar-refractivity contribution is 0.475. The maximum Gasteiger partial charge on any atom is 0.138 e. The van der Waals surface area contributed by atoms with Crippen LogP contribution in [0.15, 0.2) is 48.7 Å². The predicted octanol–water partition coefficient (Wildman–Crippen LogP) is 2.67. The monoisotopic (exact) mass is 234 g/mol. The fourth-order valence-corrected chi connectivity index (χ4v) is 1.75. The third-order valence-electron chi connectivity index (χ3n) is 2.58. The minimum absolute atomic E-state index is 0.222. The number of nitrogens with zero attached hydrogens (tertiary/aromatic N) is 1. The Morgan fingerprint density at radius 2 is 2.00 bits per heavy atom. The second-order valence-electron chi connectivity index (χ2n) is 3.92. The van der Waals surface area contributed by atoms with Gasteiger partial charge >= 0.3 is 0 Å². The number of nitrogens with one attached hydrogen (secondary N) is 1. The number of phenols is 1. The second kappa shape index (κ2) is 4.27. The number of aromatic hydroxyl groups is 1. The molecular weight excluding hydrogens is 224 g/mol. The van der Waals surface area contributed by atoms with Crippen LogP contribution in [0.25, 0.3) is 11.0 Å². The molecule has 18 heavy (non-hydrogen) atoms. The summed E-state index contributed by atoms with van der Waals surface area (Å²) in [4.78, 5) is 7.34. The van der Waals surface area contributed by atoms with E-state index >= 15 is 0 Å². The third kappa shape index (κ3) is 2.04. The molecule has 0 atom stereocenters. The molecule has 3 rings (SSSR count). The Bertz CT molecular complexity index is 730. The molecule has 0 fully saturated rings.